The van der Waals surface area contributed by atoms with Gasteiger partial charge in [-0.15, -0.1) is 0 Å². The summed E-state index contributed by atoms with van der Waals surface area (Å²) in [5, 5.41) is 0. The summed E-state index contributed by atoms with van der Waals surface area (Å²) in [5.74, 6) is 0. The van der Waals surface area contributed by atoms with Crippen LogP contribution in [0, 0.1) is 0 Å². The lowest BCUT2D eigenvalue weighted by Crippen LogP contribution is -1.76. The van der Waals surface area contributed by atoms with Crippen molar-refractivity contribution in [1.82, 2.24) is 8.14 Å². The topological polar surface area (TPSA) is 31.6 Å². The van der Waals surface area contributed by atoms with Crippen LogP contribution in [-0.4, -0.2) is 8.14 Å². The highest BCUT2D eigenvalue weighted by Crippen LogP contribution is 2.29. The number of hydrogen-bond acceptors (Lipinski definition) is 2. The second kappa shape index (κ2) is 3.53. The van der Waals surface area contributed by atoms with Crippen LogP contribution in [0.5, 0.6) is 0 Å². The van der Waals surface area contributed by atoms with Gasteiger partial charge in [0.05, 0.1) is 10.2 Å². The zero-order chi connectivity index (χ0) is 8.55. The highest BCUT2D eigenvalue weighted by atomic mass is 79.9. The Labute approximate surface area is 94.0 Å². The van der Waals surface area contributed by atoms with Crippen molar-refractivity contribution < 1.29 is 0 Å². The molecule has 2 aromatic rings. The van der Waals surface area contributed by atoms with Crippen LogP contribution in [0.25, 0.3) is 10.2 Å². The molecule has 2 rings (SSSR count). The van der Waals surface area contributed by atoms with Crippen molar-refractivity contribution in [3.63, 3.8) is 0 Å². The fraction of sp³-hybridized carbons (Fsp3) is 0. The number of fused-ring (bicyclic) bond motifs is 1. The van der Waals surface area contributed by atoms with E-state index in [0.717, 1.165) is 14.5 Å². The smallest absolute Gasteiger partial charge is 0.0835 e. The number of benzene rings is 1. The van der Waals surface area contributed by atoms with Gasteiger partial charge in [0.15, 0.2) is 0 Å². The van der Waals surface area contributed by atoms with Crippen LogP contribution in [-0.2, 0) is 0 Å². The van der Waals surface area contributed by atoms with E-state index >= 15 is 0 Å². The van der Waals surface area contributed by atoms with Gasteiger partial charge in [-0.3, -0.25) is 8.14 Å². The van der Waals surface area contributed by atoms with E-state index in [1.54, 1.807) is 11.5 Å². The Bertz CT molecular complexity index is 435. The zero-order valence-electron chi connectivity index (χ0n) is 5.73. The first-order chi connectivity index (χ1) is 5.77. The van der Waals surface area contributed by atoms with Crippen LogP contribution < -0.4 is 0 Å². The van der Waals surface area contributed by atoms with E-state index in [2.05, 4.69) is 46.1 Å². The van der Waals surface area contributed by atoms with Gasteiger partial charge in [0.1, 0.15) is 0 Å². The number of H-pyrrole nitrogens is 2. The van der Waals surface area contributed by atoms with Crippen molar-refractivity contribution >= 4 is 65.3 Å². The van der Waals surface area contributed by atoms with E-state index in [4.69, 9.17) is 0 Å². The molecule has 0 saturated carbocycles. The maximum Gasteiger partial charge on any atom is 0.0835 e. The molecule has 0 unspecified atom stereocenters. The van der Waals surface area contributed by atoms with E-state index in [9.17, 15) is 0 Å². The first-order valence-electron chi connectivity index (χ1n) is 3.10. The molecule has 0 atom stereocenters. The Kier molecular flexibility index (Phi) is 2.59. The molecule has 0 amide bonds. The molecule has 0 aliphatic carbocycles. The predicted octanol–water partition coefficient (Wildman–Crippen LogP) is 4.27. The summed E-state index contributed by atoms with van der Waals surface area (Å²) in [6.45, 7) is 0. The fourth-order valence-corrected chi connectivity index (χ4v) is 3.72. The summed E-state index contributed by atoms with van der Waals surface area (Å²) in [7, 11) is 0. The second-order valence-electron chi connectivity index (χ2n) is 2.15. The lowest BCUT2D eigenvalue weighted by molar-refractivity contribution is 1.58. The fourth-order valence-electron chi connectivity index (χ4n) is 0.878. The summed E-state index contributed by atoms with van der Waals surface area (Å²) in [6.07, 6.45) is 0. The normalized spacial score (nSPS) is 10.5. The Morgan fingerprint density at radius 1 is 1.25 bits per heavy atom. The van der Waals surface area contributed by atoms with Crippen LogP contribution in [0.3, 0.4) is 0 Å². The Balaban J connectivity index is 2.89. The molecule has 6 heteroatoms. The predicted molar refractivity (Wildman–Crippen MR) is 61.4 cm³/mol. The van der Waals surface area contributed by atoms with Crippen molar-refractivity contribution in [3.8, 4) is 0 Å². The van der Waals surface area contributed by atoms with Crippen LogP contribution in [0.1, 0.15) is 0 Å². The average molecular weight is 328 g/mol. The largest absolute Gasteiger partial charge is 0.295 e. The molecular weight excluding hydrogens is 324 g/mol. The monoisotopic (exact) mass is 326 g/mol. The average Bonchev–Trinajstić information content (AvgIpc) is 2.04. The molecule has 12 heavy (non-hydrogen) atoms. The number of halogens is 2. The first-order valence-corrected chi connectivity index (χ1v) is 6.32. The van der Waals surface area contributed by atoms with Gasteiger partial charge in [-0.05, 0) is 39.6 Å². The number of rotatable bonds is 0. The standard InChI is InChI=1S/C6H4Br2N2S2/c7-3-1-4(8)6-5(2-3)9-12-10-11-6/h1-2,9-10H. The Morgan fingerprint density at radius 3 is 2.92 bits per heavy atom. The van der Waals surface area contributed by atoms with E-state index < -0.39 is 0 Å². The summed E-state index contributed by atoms with van der Waals surface area (Å²) >= 11 is 10.0. The van der Waals surface area contributed by atoms with Crippen molar-refractivity contribution in [1.29, 1.82) is 0 Å². The highest BCUT2D eigenvalue weighted by molar-refractivity contribution is 9.11. The summed E-state index contributed by atoms with van der Waals surface area (Å²) in [5.41, 5.74) is 1.13. The van der Waals surface area contributed by atoms with Gasteiger partial charge >= 0.3 is 0 Å². The van der Waals surface area contributed by atoms with Gasteiger partial charge < -0.3 is 0 Å². The third-order valence-corrected chi connectivity index (χ3v) is 4.33. The Hall–Kier alpha value is 0.220. The number of hydrogen-bond donors (Lipinski definition) is 2. The van der Waals surface area contributed by atoms with Crippen molar-refractivity contribution in [2.24, 2.45) is 0 Å². The van der Waals surface area contributed by atoms with Crippen LogP contribution in [0.4, 0.5) is 0 Å². The second-order valence-corrected chi connectivity index (χ2v) is 5.61. The highest BCUT2D eigenvalue weighted by Gasteiger charge is 2.00. The third kappa shape index (κ3) is 1.61. The van der Waals surface area contributed by atoms with Gasteiger partial charge in [0.25, 0.3) is 0 Å². The molecule has 64 valence electrons. The number of aromatic nitrogens is 2. The lowest BCUT2D eigenvalue weighted by atomic mass is 10.3. The number of aromatic amines is 2. The summed E-state index contributed by atoms with van der Waals surface area (Å²) < 4.78 is 9.61. The molecule has 0 bridgehead atoms. The van der Waals surface area contributed by atoms with E-state index in [1.165, 1.54) is 16.4 Å². The maximum atomic E-state index is 3.49. The van der Waals surface area contributed by atoms with Crippen LogP contribution in [0.2, 0.25) is 0 Å². The molecule has 1 aromatic heterocycles. The minimum Gasteiger partial charge on any atom is -0.295 e. The molecule has 0 spiro atoms. The van der Waals surface area contributed by atoms with E-state index in [0.29, 0.717) is 0 Å². The Morgan fingerprint density at radius 2 is 2.08 bits per heavy atom. The molecule has 0 radical (unpaired) electrons. The van der Waals surface area contributed by atoms with E-state index in [-0.39, 0.29) is 0 Å². The molecule has 0 aliphatic heterocycles. The van der Waals surface area contributed by atoms with Gasteiger partial charge in [-0.2, -0.15) is 0 Å². The minimum atomic E-state index is 1.07. The lowest BCUT2D eigenvalue weighted by Gasteiger charge is -1.99. The molecule has 2 nitrogen and oxygen atoms in total. The third-order valence-electron chi connectivity index (χ3n) is 1.35. The molecule has 0 saturated heterocycles. The van der Waals surface area contributed by atoms with Crippen LogP contribution >= 0.6 is 55.1 Å². The SMILES string of the molecule is Brc1cc(Br)c2s[nH]s[nH]c2c1. The summed E-state index contributed by atoms with van der Waals surface area (Å²) in [4.78, 5) is 0. The molecule has 1 aromatic carbocycles. The molecule has 0 fully saturated rings. The number of nitrogens with one attached hydrogen (secondary N) is 2. The van der Waals surface area contributed by atoms with E-state index in [1.807, 2.05) is 6.07 Å². The molecule has 2 N–H and O–H groups in total. The first kappa shape index (κ1) is 8.80. The van der Waals surface area contributed by atoms with Crippen molar-refractivity contribution in [2.75, 3.05) is 0 Å². The quantitative estimate of drug-likeness (QED) is 0.724. The summed E-state index contributed by atoms with van der Waals surface area (Å²) in [6, 6.07) is 4.09. The van der Waals surface area contributed by atoms with Gasteiger partial charge in [0.2, 0.25) is 0 Å². The van der Waals surface area contributed by atoms with Gasteiger partial charge in [0, 0.05) is 20.7 Å². The van der Waals surface area contributed by atoms with Crippen molar-refractivity contribution in [3.05, 3.63) is 21.1 Å². The minimum absolute atomic E-state index is 1.07. The van der Waals surface area contributed by atoms with Gasteiger partial charge in [-0.25, -0.2) is 0 Å². The molecular formula is C6H4Br2N2S2. The molecule has 1 heterocycles. The van der Waals surface area contributed by atoms with Gasteiger partial charge in [-0.1, -0.05) is 15.9 Å². The van der Waals surface area contributed by atoms with Crippen LogP contribution in [0.15, 0.2) is 21.1 Å². The molecule has 0 aliphatic rings. The zero-order valence-corrected chi connectivity index (χ0v) is 10.5. The maximum absolute atomic E-state index is 3.49. The van der Waals surface area contributed by atoms with Crippen molar-refractivity contribution in [2.45, 2.75) is 0 Å².